The zero-order valence-electron chi connectivity index (χ0n) is 10.9. The first kappa shape index (κ1) is 14.0. The molecule has 0 atom stereocenters. The van der Waals surface area contributed by atoms with Crippen molar-refractivity contribution < 1.29 is 17.2 Å². The number of halogens is 2. The van der Waals surface area contributed by atoms with Crippen LogP contribution < -0.4 is 5.73 Å². The Hall–Kier alpha value is -1.99. The van der Waals surface area contributed by atoms with E-state index in [1.807, 2.05) is 0 Å². The van der Waals surface area contributed by atoms with Crippen LogP contribution in [0.2, 0.25) is 0 Å². The average Bonchev–Trinajstić information content (AvgIpc) is 2.81. The Balaban J connectivity index is 2.04. The molecule has 2 aromatic carbocycles. The standard InChI is InChI=1S/C14H12F2N2O2S/c15-12-5-11(17)6-13(16)14(12)21(19,20)18-7-9-3-1-2-4-10(9)8-18/h1-6H,7-8,17H2. The molecule has 0 aliphatic carbocycles. The molecule has 0 unspecified atom stereocenters. The predicted molar refractivity (Wildman–Crippen MR) is 73.6 cm³/mol. The van der Waals surface area contributed by atoms with Crippen LogP contribution in [0.15, 0.2) is 41.3 Å². The Morgan fingerprint density at radius 1 is 1.00 bits per heavy atom. The fraction of sp³-hybridized carbons (Fsp3) is 0.143. The molecule has 3 rings (SSSR count). The van der Waals surface area contributed by atoms with Crippen molar-refractivity contribution in [3.63, 3.8) is 0 Å². The van der Waals surface area contributed by atoms with Gasteiger partial charge in [-0.05, 0) is 23.3 Å². The number of anilines is 1. The minimum Gasteiger partial charge on any atom is -0.399 e. The lowest BCUT2D eigenvalue weighted by atomic mass is 10.1. The third-order valence-corrected chi connectivity index (χ3v) is 5.27. The maximum absolute atomic E-state index is 13.9. The number of benzene rings is 2. The summed E-state index contributed by atoms with van der Waals surface area (Å²) in [5.41, 5.74) is 6.81. The van der Waals surface area contributed by atoms with Gasteiger partial charge < -0.3 is 5.73 Å². The summed E-state index contributed by atoms with van der Waals surface area (Å²) >= 11 is 0. The van der Waals surface area contributed by atoms with Crippen LogP contribution in [-0.2, 0) is 23.1 Å². The maximum atomic E-state index is 13.9. The molecule has 7 heteroatoms. The molecule has 0 amide bonds. The highest BCUT2D eigenvalue weighted by Gasteiger charge is 2.34. The first-order chi connectivity index (χ1) is 9.89. The molecule has 0 saturated heterocycles. The highest BCUT2D eigenvalue weighted by molar-refractivity contribution is 7.89. The lowest BCUT2D eigenvalue weighted by Crippen LogP contribution is -2.27. The zero-order valence-corrected chi connectivity index (χ0v) is 11.7. The van der Waals surface area contributed by atoms with Gasteiger partial charge in [-0.1, -0.05) is 24.3 Å². The topological polar surface area (TPSA) is 63.4 Å². The molecule has 0 fully saturated rings. The molecule has 0 spiro atoms. The molecular formula is C14H12F2N2O2S. The molecule has 4 nitrogen and oxygen atoms in total. The Morgan fingerprint density at radius 3 is 1.95 bits per heavy atom. The summed E-state index contributed by atoms with van der Waals surface area (Å²) in [6.45, 7) is 0.198. The first-order valence-electron chi connectivity index (χ1n) is 6.21. The van der Waals surface area contributed by atoms with Crippen LogP contribution in [0.5, 0.6) is 0 Å². The molecule has 21 heavy (non-hydrogen) atoms. The van der Waals surface area contributed by atoms with Crippen molar-refractivity contribution >= 4 is 15.7 Å². The van der Waals surface area contributed by atoms with Crippen molar-refractivity contribution in [2.24, 2.45) is 0 Å². The monoisotopic (exact) mass is 310 g/mol. The van der Waals surface area contributed by atoms with Gasteiger partial charge in [-0.3, -0.25) is 0 Å². The number of rotatable bonds is 2. The van der Waals surface area contributed by atoms with Crippen LogP contribution in [0.3, 0.4) is 0 Å². The molecule has 110 valence electrons. The molecular weight excluding hydrogens is 298 g/mol. The number of hydrogen-bond acceptors (Lipinski definition) is 3. The van der Waals surface area contributed by atoms with E-state index in [1.165, 1.54) is 0 Å². The quantitative estimate of drug-likeness (QED) is 0.865. The predicted octanol–water partition coefficient (Wildman–Crippen LogP) is 2.25. The van der Waals surface area contributed by atoms with Crippen molar-refractivity contribution in [1.29, 1.82) is 0 Å². The molecule has 1 aliphatic heterocycles. The van der Waals surface area contributed by atoms with Gasteiger partial charge in [0.05, 0.1) is 0 Å². The second-order valence-corrected chi connectivity index (χ2v) is 6.73. The second-order valence-electron chi connectivity index (χ2n) is 4.86. The van der Waals surface area contributed by atoms with Crippen molar-refractivity contribution in [3.05, 3.63) is 59.2 Å². The van der Waals surface area contributed by atoms with Gasteiger partial charge in [0.1, 0.15) is 11.6 Å². The van der Waals surface area contributed by atoms with Crippen molar-refractivity contribution in [2.75, 3.05) is 5.73 Å². The summed E-state index contributed by atoms with van der Waals surface area (Å²) in [6, 6.07) is 8.78. The minimum absolute atomic E-state index is 0.0990. The third kappa shape index (κ3) is 2.28. The molecule has 0 saturated carbocycles. The highest BCUT2D eigenvalue weighted by Crippen LogP contribution is 2.31. The largest absolute Gasteiger partial charge is 0.399 e. The van der Waals surface area contributed by atoms with Gasteiger partial charge in [-0.2, -0.15) is 4.31 Å². The van der Waals surface area contributed by atoms with Gasteiger partial charge in [0, 0.05) is 18.8 Å². The fourth-order valence-electron chi connectivity index (χ4n) is 2.43. The van der Waals surface area contributed by atoms with E-state index < -0.39 is 26.6 Å². The van der Waals surface area contributed by atoms with Gasteiger partial charge in [-0.25, -0.2) is 17.2 Å². The van der Waals surface area contributed by atoms with Crippen molar-refractivity contribution in [1.82, 2.24) is 4.31 Å². The molecule has 2 aromatic rings. The third-order valence-electron chi connectivity index (χ3n) is 3.43. The number of fused-ring (bicyclic) bond motifs is 1. The van der Waals surface area contributed by atoms with E-state index in [9.17, 15) is 17.2 Å². The number of nitrogen functional groups attached to an aromatic ring is 1. The molecule has 0 bridgehead atoms. The van der Waals surface area contributed by atoms with Crippen LogP contribution in [0.25, 0.3) is 0 Å². The van der Waals surface area contributed by atoms with E-state index in [1.54, 1.807) is 24.3 Å². The summed E-state index contributed by atoms with van der Waals surface area (Å²) in [4.78, 5) is -0.954. The van der Waals surface area contributed by atoms with E-state index in [2.05, 4.69) is 0 Å². The Morgan fingerprint density at radius 2 is 1.48 bits per heavy atom. The number of hydrogen-bond donors (Lipinski definition) is 1. The maximum Gasteiger partial charge on any atom is 0.249 e. The number of nitrogens with zero attached hydrogens (tertiary/aromatic N) is 1. The van der Waals surface area contributed by atoms with Gasteiger partial charge >= 0.3 is 0 Å². The van der Waals surface area contributed by atoms with Crippen LogP contribution >= 0.6 is 0 Å². The van der Waals surface area contributed by atoms with Gasteiger partial charge in [-0.15, -0.1) is 0 Å². The first-order valence-corrected chi connectivity index (χ1v) is 7.65. The lowest BCUT2D eigenvalue weighted by Gasteiger charge is -2.16. The van der Waals surface area contributed by atoms with Crippen LogP contribution in [0.1, 0.15) is 11.1 Å². The molecule has 0 radical (unpaired) electrons. The van der Waals surface area contributed by atoms with E-state index >= 15 is 0 Å². The molecule has 0 aromatic heterocycles. The van der Waals surface area contributed by atoms with E-state index in [4.69, 9.17) is 5.73 Å². The highest BCUT2D eigenvalue weighted by atomic mass is 32.2. The summed E-state index contributed by atoms with van der Waals surface area (Å²) < 4.78 is 53.7. The minimum atomic E-state index is -4.26. The SMILES string of the molecule is Nc1cc(F)c(S(=O)(=O)N2Cc3ccccc3C2)c(F)c1. The van der Waals surface area contributed by atoms with E-state index in [0.717, 1.165) is 27.6 Å². The molecule has 1 aliphatic rings. The summed E-state index contributed by atoms with van der Waals surface area (Å²) in [7, 11) is -4.26. The fourth-order valence-corrected chi connectivity index (χ4v) is 3.91. The Bertz CT molecular complexity index is 773. The Kier molecular flexibility index (Phi) is 3.18. The van der Waals surface area contributed by atoms with E-state index in [0.29, 0.717) is 0 Å². The summed E-state index contributed by atoms with van der Waals surface area (Å²) in [6.07, 6.45) is 0. The second kappa shape index (κ2) is 4.78. The Labute approximate surface area is 120 Å². The zero-order chi connectivity index (χ0) is 15.2. The normalized spacial score (nSPS) is 15.1. The average molecular weight is 310 g/mol. The van der Waals surface area contributed by atoms with Crippen molar-refractivity contribution in [2.45, 2.75) is 18.0 Å². The van der Waals surface area contributed by atoms with Gasteiger partial charge in [0.15, 0.2) is 4.90 Å². The number of sulfonamides is 1. The lowest BCUT2D eigenvalue weighted by molar-refractivity contribution is 0.419. The summed E-state index contributed by atoms with van der Waals surface area (Å²) in [5, 5.41) is 0. The van der Waals surface area contributed by atoms with Gasteiger partial charge in [0.2, 0.25) is 10.0 Å². The number of nitrogens with two attached hydrogens (primary N) is 1. The smallest absolute Gasteiger partial charge is 0.249 e. The van der Waals surface area contributed by atoms with E-state index in [-0.39, 0.29) is 18.8 Å². The molecule has 1 heterocycles. The van der Waals surface area contributed by atoms with Crippen molar-refractivity contribution in [3.8, 4) is 0 Å². The summed E-state index contributed by atoms with van der Waals surface area (Å²) in [5.74, 6) is -2.35. The van der Waals surface area contributed by atoms with Crippen LogP contribution in [0, 0.1) is 11.6 Å². The molecule has 2 N–H and O–H groups in total. The van der Waals surface area contributed by atoms with Gasteiger partial charge in [0.25, 0.3) is 0 Å². The van der Waals surface area contributed by atoms with Crippen LogP contribution in [0.4, 0.5) is 14.5 Å². The van der Waals surface area contributed by atoms with Crippen LogP contribution in [-0.4, -0.2) is 12.7 Å².